The first-order valence-corrected chi connectivity index (χ1v) is 10.4. The second-order valence-corrected chi connectivity index (χ2v) is 8.08. The summed E-state index contributed by atoms with van der Waals surface area (Å²) >= 11 is 0. The highest BCUT2D eigenvalue weighted by Crippen LogP contribution is 2.38. The zero-order valence-electron chi connectivity index (χ0n) is 17.8. The van der Waals surface area contributed by atoms with Crippen LogP contribution in [0.15, 0.2) is 48.5 Å². The molecule has 2 aromatic rings. The zero-order valence-corrected chi connectivity index (χ0v) is 17.8. The number of hydrogen-bond acceptors (Lipinski definition) is 3. The number of rotatable bonds is 7. The highest BCUT2D eigenvalue weighted by atomic mass is 19.4. The molecule has 1 aliphatic rings. The van der Waals surface area contributed by atoms with Crippen LogP contribution in [0.5, 0.6) is 0 Å². The molecule has 0 aromatic heterocycles. The van der Waals surface area contributed by atoms with Crippen molar-refractivity contribution in [1.29, 1.82) is 0 Å². The summed E-state index contributed by atoms with van der Waals surface area (Å²) < 4.78 is 50.9. The molecule has 0 aliphatic carbocycles. The van der Waals surface area contributed by atoms with Crippen LogP contribution in [0.2, 0.25) is 0 Å². The van der Waals surface area contributed by atoms with Gasteiger partial charge in [-0.15, -0.1) is 0 Å². The van der Waals surface area contributed by atoms with E-state index in [1.807, 2.05) is 38.1 Å². The molecule has 0 bridgehead atoms. The van der Waals surface area contributed by atoms with Gasteiger partial charge in [0.05, 0.1) is 23.7 Å². The molecule has 3 rings (SSSR count). The van der Waals surface area contributed by atoms with Gasteiger partial charge in [-0.2, -0.15) is 13.2 Å². The Labute approximate surface area is 180 Å². The standard InChI is InChI=1S/C24H28F3NO3/c1-17(2)31-16-19-7-4-3-6-18(19)15-28-22(29)23(10-12-30-13-11-23)20-8-5-9-21(14-20)24(25,26)27/h3-9,14,17H,10-13,15-16H2,1-2H3,(H,28,29). The quantitative estimate of drug-likeness (QED) is 0.666. The number of benzene rings is 2. The highest BCUT2D eigenvalue weighted by Gasteiger charge is 2.43. The fourth-order valence-corrected chi connectivity index (χ4v) is 3.83. The van der Waals surface area contributed by atoms with Crippen molar-refractivity contribution in [2.24, 2.45) is 0 Å². The van der Waals surface area contributed by atoms with Gasteiger partial charge in [-0.05, 0) is 49.4 Å². The molecule has 1 amide bonds. The molecule has 0 unspecified atom stereocenters. The van der Waals surface area contributed by atoms with Crippen LogP contribution in [0.1, 0.15) is 48.9 Å². The van der Waals surface area contributed by atoms with Crippen LogP contribution in [-0.2, 0) is 39.0 Å². The lowest BCUT2D eigenvalue weighted by Gasteiger charge is -2.36. The first kappa shape index (κ1) is 23.3. The lowest BCUT2D eigenvalue weighted by molar-refractivity contribution is -0.138. The van der Waals surface area contributed by atoms with Crippen LogP contribution in [0.3, 0.4) is 0 Å². The van der Waals surface area contributed by atoms with E-state index in [0.717, 1.165) is 23.3 Å². The number of ether oxygens (including phenoxy) is 2. The van der Waals surface area contributed by atoms with Gasteiger partial charge in [-0.25, -0.2) is 0 Å². The van der Waals surface area contributed by atoms with Gasteiger partial charge in [-0.3, -0.25) is 4.79 Å². The average Bonchev–Trinajstić information content (AvgIpc) is 2.76. The molecule has 1 aliphatic heterocycles. The normalized spacial score (nSPS) is 16.3. The Morgan fingerprint density at radius 3 is 2.42 bits per heavy atom. The minimum absolute atomic E-state index is 0.0778. The fraction of sp³-hybridized carbons (Fsp3) is 0.458. The second-order valence-electron chi connectivity index (χ2n) is 8.08. The number of carbonyl (C=O) groups is 1. The van der Waals surface area contributed by atoms with Crippen LogP contribution in [0, 0.1) is 0 Å². The summed E-state index contributed by atoms with van der Waals surface area (Å²) in [5.74, 6) is -0.283. The van der Waals surface area contributed by atoms with E-state index in [1.165, 1.54) is 6.07 Å². The van der Waals surface area contributed by atoms with Crippen molar-refractivity contribution in [2.75, 3.05) is 13.2 Å². The first-order valence-electron chi connectivity index (χ1n) is 10.4. The van der Waals surface area contributed by atoms with E-state index in [-0.39, 0.29) is 18.6 Å². The Hall–Kier alpha value is -2.38. The summed E-state index contributed by atoms with van der Waals surface area (Å²) in [4.78, 5) is 13.4. The Kier molecular flexibility index (Phi) is 7.38. The van der Waals surface area contributed by atoms with E-state index in [9.17, 15) is 18.0 Å². The van der Waals surface area contributed by atoms with E-state index >= 15 is 0 Å². The average molecular weight is 435 g/mol. The number of amides is 1. The summed E-state index contributed by atoms with van der Waals surface area (Å²) in [5.41, 5.74) is 0.460. The van der Waals surface area contributed by atoms with Crippen molar-refractivity contribution >= 4 is 5.91 Å². The lowest BCUT2D eigenvalue weighted by atomic mass is 9.73. The van der Waals surface area contributed by atoms with Crippen molar-refractivity contribution in [3.05, 3.63) is 70.8 Å². The topological polar surface area (TPSA) is 47.6 Å². The van der Waals surface area contributed by atoms with E-state index in [4.69, 9.17) is 9.47 Å². The molecular formula is C24H28F3NO3. The SMILES string of the molecule is CC(C)OCc1ccccc1CNC(=O)C1(c2cccc(C(F)(F)F)c2)CCOCC1. The molecule has 0 saturated carbocycles. The largest absolute Gasteiger partial charge is 0.416 e. The van der Waals surface area contributed by atoms with Crippen LogP contribution in [0.25, 0.3) is 0 Å². The Morgan fingerprint density at radius 2 is 1.77 bits per heavy atom. The summed E-state index contributed by atoms with van der Waals surface area (Å²) in [5, 5.41) is 2.96. The Bertz CT molecular complexity index is 890. The molecule has 0 radical (unpaired) electrons. The molecule has 7 heteroatoms. The minimum Gasteiger partial charge on any atom is -0.381 e. The van der Waals surface area contributed by atoms with Crippen molar-refractivity contribution in [3.63, 3.8) is 0 Å². The van der Waals surface area contributed by atoms with E-state index in [2.05, 4.69) is 5.32 Å². The van der Waals surface area contributed by atoms with Gasteiger partial charge in [0, 0.05) is 19.8 Å². The first-order chi connectivity index (χ1) is 14.7. The lowest BCUT2D eigenvalue weighted by Crippen LogP contribution is -2.48. The fourth-order valence-electron chi connectivity index (χ4n) is 3.83. The van der Waals surface area contributed by atoms with Gasteiger partial charge >= 0.3 is 6.18 Å². The molecule has 0 atom stereocenters. The predicted molar refractivity (Wildman–Crippen MR) is 111 cm³/mol. The summed E-state index contributed by atoms with van der Waals surface area (Å²) in [6.45, 7) is 5.25. The molecule has 1 heterocycles. The third kappa shape index (κ3) is 5.66. The van der Waals surface area contributed by atoms with Gasteiger partial charge in [0.25, 0.3) is 0 Å². The van der Waals surface area contributed by atoms with Crippen molar-refractivity contribution < 1.29 is 27.4 Å². The third-order valence-corrected chi connectivity index (χ3v) is 5.65. The molecule has 1 N–H and O–H groups in total. The number of carbonyl (C=O) groups excluding carboxylic acids is 1. The zero-order chi connectivity index (χ0) is 22.5. The minimum atomic E-state index is -4.46. The molecule has 31 heavy (non-hydrogen) atoms. The second kappa shape index (κ2) is 9.83. The van der Waals surface area contributed by atoms with Crippen molar-refractivity contribution in [1.82, 2.24) is 5.32 Å². The highest BCUT2D eigenvalue weighted by molar-refractivity contribution is 5.88. The molecule has 4 nitrogen and oxygen atoms in total. The Balaban J connectivity index is 1.82. The molecule has 1 saturated heterocycles. The summed E-state index contributed by atoms with van der Waals surface area (Å²) in [7, 11) is 0. The van der Waals surface area contributed by atoms with Crippen molar-refractivity contribution in [2.45, 2.75) is 57.5 Å². The number of hydrogen-bond donors (Lipinski definition) is 1. The van der Waals surface area contributed by atoms with Crippen LogP contribution in [0.4, 0.5) is 13.2 Å². The monoisotopic (exact) mass is 435 g/mol. The molecule has 168 valence electrons. The number of nitrogens with one attached hydrogen (secondary N) is 1. The van der Waals surface area contributed by atoms with E-state index in [1.54, 1.807) is 6.07 Å². The summed E-state index contributed by atoms with van der Waals surface area (Å²) in [6, 6.07) is 12.7. The number of halogens is 3. The maximum atomic E-state index is 13.4. The molecule has 1 fully saturated rings. The Morgan fingerprint density at radius 1 is 1.10 bits per heavy atom. The maximum Gasteiger partial charge on any atom is 0.416 e. The van der Waals surface area contributed by atoms with E-state index < -0.39 is 17.2 Å². The van der Waals surface area contributed by atoms with Crippen LogP contribution < -0.4 is 5.32 Å². The van der Waals surface area contributed by atoms with Crippen LogP contribution >= 0.6 is 0 Å². The van der Waals surface area contributed by atoms with Crippen LogP contribution in [-0.4, -0.2) is 25.2 Å². The molecular weight excluding hydrogens is 407 g/mol. The maximum absolute atomic E-state index is 13.4. The summed E-state index contributed by atoms with van der Waals surface area (Å²) in [6.07, 6.45) is -3.72. The molecule has 2 aromatic carbocycles. The third-order valence-electron chi connectivity index (χ3n) is 5.65. The smallest absolute Gasteiger partial charge is 0.381 e. The number of alkyl halides is 3. The van der Waals surface area contributed by atoms with Crippen molar-refractivity contribution in [3.8, 4) is 0 Å². The van der Waals surface area contributed by atoms with E-state index in [0.29, 0.717) is 38.2 Å². The van der Waals surface area contributed by atoms with Gasteiger partial charge in [0.2, 0.25) is 5.91 Å². The van der Waals surface area contributed by atoms with Gasteiger partial charge in [0.15, 0.2) is 0 Å². The molecule has 0 spiro atoms. The van der Waals surface area contributed by atoms with Gasteiger partial charge < -0.3 is 14.8 Å². The van der Waals surface area contributed by atoms with Gasteiger partial charge in [-0.1, -0.05) is 42.5 Å². The predicted octanol–water partition coefficient (Wildman–Crippen LogP) is 5.00. The van der Waals surface area contributed by atoms with Gasteiger partial charge in [0.1, 0.15) is 0 Å².